The van der Waals surface area contributed by atoms with E-state index in [1.807, 2.05) is 12.3 Å². The summed E-state index contributed by atoms with van der Waals surface area (Å²) >= 11 is 1.74. The fourth-order valence-electron chi connectivity index (χ4n) is 3.23. The largest absolute Gasteiger partial charge is 0.395 e. The Morgan fingerprint density at radius 3 is 2.91 bits per heavy atom. The van der Waals surface area contributed by atoms with Crippen molar-refractivity contribution in [1.29, 1.82) is 0 Å². The molecule has 0 amide bonds. The summed E-state index contributed by atoms with van der Waals surface area (Å²) in [5.74, 6) is 0.612. The second kappa shape index (κ2) is 8.87. The van der Waals surface area contributed by atoms with Gasteiger partial charge in [0.2, 0.25) is 0 Å². The zero-order valence-corrected chi connectivity index (χ0v) is 14.7. The molecule has 1 aliphatic rings. The zero-order chi connectivity index (χ0) is 15.9. The lowest BCUT2D eigenvalue weighted by molar-refractivity contribution is 0.131. The van der Waals surface area contributed by atoms with Crippen LogP contribution in [0, 0.1) is 5.92 Å². The van der Waals surface area contributed by atoms with Gasteiger partial charge < -0.3 is 10.4 Å². The van der Waals surface area contributed by atoms with Crippen LogP contribution in [0.3, 0.4) is 0 Å². The third-order valence-corrected chi connectivity index (χ3v) is 5.78. The number of hydrogen-bond donors (Lipinski definition) is 2. The van der Waals surface area contributed by atoms with Crippen molar-refractivity contribution in [1.82, 2.24) is 15.2 Å². The molecule has 0 aromatic carbocycles. The molecule has 1 fully saturated rings. The summed E-state index contributed by atoms with van der Waals surface area (Å²) in [5.41, 5.74) is 1.15. The van der Waals surface area contributed by atoms with E-state index in [0.717, 1.165) is 31.7 Å². The molecule has 0 aliphatic carbocycles. The highest BCUT2D eigenvalue weighted by molar-refractivity contribution is 7.99. The predicted molar refractivity (Wildman–Crippen MR) is 94.1 cm³/mol. The number of likely N-dealkylation sites (tertiary alicyclic amines) is 1. The van der Waals surface area contributed by atoms with Gasteiger partial charge in [0.15, 0.2) is 0 Å². The Morgan fingerprint density at radius 2 is 2.32 bits per heavy atom. The molecular weight excluding hydrogens is 294 g/mol. The van der Waals surface area contributed by atoms with Crippen LogP contribution < -0.4 is 5.32 Å². The van der Waals surface area contributed by atoms with E-state index in [4.69, 9.17) is 0 Å². The Bertz CT molecular complexity index is 427. The maximum atomic E-state index is 9.42. The second-order valence-electron chi connectivity index (χ2n) is 6.34. The Kier molecular flexibility index (Phi) is 7.15. The van der Waals surface area contributed by atoms with Crippen LogP contribution in [0.5, 0.6) is 0 Å². The quantitative estimate of drug-likeness (QED) is 0.804. The van der Waals surface area contributed by atoms with Gasteiger partial charge in [-0.2, -0.15) is 11.8 Å². The summed E-state index contributed by atoms with van der Waals surface area (Å²) < 4.78 is 0. The Hall–Kier alpha value is -0.620. The molecule has 2 heterocycles. The van der Waals surface area contributed by atoms with E-state index in [-0.39, 0.29) is 11.9 Å². The lowest BCUT2D eigenvalue weighted by atomic mass is 9.92. The number of rotatable bonds is 7. The first-order valence-electron chi connectivity index (χ1n) is 8.16. The maximum absolute atomic E-state index is 9.42. The van der Waals surface area contributed by atoms with E-state index in [0.29, 0.717) is 18.0 Å². The van der Waals surface area contributed by atoms with Crippen LogP contribution in [0.2, 0.25) is 0 Å². The van der Waals surface area contributed by atoms with Crippen LogP contribution in [0.1, 0.15) is 26.0 Å². The molecule has 1 aromatic rings. The average molecular weight is 324 g/mol. The molecule has 4 unspecified atom stereocenters. The van der Waals surface area contributed by atoms with Gasteiger partial charge in [-0.05, 0) is 37.7 Å². The van der Waals surface area contributed by atoms with Gasteiger partial charge in [-0.3, -0.25) is 9.88 Å². The van der Waals surface area contributed by atoms with Crippen LogP contribution in [-0.4, -0.2) is 58.3 Å². The summed E-state index contributed by atoms with van der Waals surface area (Å²) in [6.45, 7) is 7.89. The van der Waals surface area contributed by atoms with Gasteiger partial charge in [0.1, 0.15) is 0 Å². The molecule has 0 saturated carbocycles. The van der Waals surface area contributed by atoms with Gasteiger partial charge in [-0.1, -0.05) is 13.0 Å². The fourth-order valence-corrected chi connectivity index (χ4v) is 3.86. The van der Waals surface area contributed by atoms with E-state index in [1.165, 1.54) is 0 Å². The monoisotopic (exact) mass is 323 g/mol. The van der Waals surface area contributed by atoms with Crippen LogP contribution in [-0.2, 0) is 6.54 Å². The molecule has 0 radical (unpaired) electrons. The normalized spacial score (nSPS) is 25.8. The number of thioether (sulfide) groups is 1. The average Bonchev–Trinajstić information content (AvgIpc) is 2.52. The maximum Gasteiger partial charge on any atom is 0.0564 e. The molecule has 1 aliphatic heterocycles. The van der Waals surface area contributed by atoms with Crippen molar-refractivity contribution in [3.8, 4) is 0 Å². The van der Waals surface area contributed by atoms with Gasteiger partial charge in [0.25, 0.3) is 0 Å². The number of hydrogen-bond acceptors (Lipinski definition) is 5. The number of pyridine rings is 1. The van der Waals surface area contributed by atoms with Crippen LogP contribution in [0.25, 0.3) is 0 Å². The highest BCUT2D eigenvalue weighted by atomic mass is 32.2. The predicted octanol–water partition coefficient (Wildman–Crippen LogP) is 1.99. The third kappa shape index (κ3) is 4.95. The van der Waals surface area contributed by atoms with Crippen LogP contribution >= 0.6 is 11.8 Å². The smallest absolute Gasteiger partial charge is 0.0564 e. The van der Waals surface area contributed by atoms with Gasteiger partial charge >= 0.3 is 0 Å². The van der Waals surface area contributed by atoms with Crippen molar-refractivity contribution in [3.63, 3.8) is 0 Å². The van der Waals surface area contributed by atoms with Crippen molar-refractivity contribution < 1.29 is 5.11 Å². The molecule has 124 valence electrons. The standard InChI is InChI=1S/C17H29N3OS/c1-13-10-20(11-15-6-4-5-8-18-15)9-7-16(13)19-14(2)17(12-21)22-3/h4-6,8,13-14,16-17,19,21H,7,9-12H2,1-3H3. The first-order chi connectivity index (χ1) is 10.6. The Morgan fingerprint density at radius 1 is 1.50 bits per heavy atom. The van der Waals surface area contributed by atoms with Gasteiger partial charge in [0, 0.05) is 43.2 Å². The summed E-state index contributed by atoms with van der Waals surface area (Å²) in [5, 5.41) is 13.4. The van der Waals surface area contributed by atoms with E-state index in [9.17, 15) is 5.11 Å². The number of nitrogens with zero attached hydrogens (tertiary/aromatic N) is 2. The van der Waals surface area contributed by atoms with Crippen LogP contribution in [0.15, 0.2) is 24.4 Å². The van der Waals surface area contributed by atoms with E-state index in [1.54, 1.807) is 11.8 Å². The van der Waals surface area contributed by atoms with Crippen molar-refractivity contribution in [3.05, 3.63) is 30.1 Å². The fraction of sp³-hybridized carbons (Fsp3) is 0.706. The number of piperidine rings is 1. The second-order valence-corrected chi connectivity index (χ2v) is 7.42. The minimum absolute atomic E-state index is 0.238. The molecule has 2 rings (SSSR count). The van der Waals surface area contributed by atoms with Gasteiger partial charge in [0.05, 0.1) is 12.3 Å². The van der Waals surface area contributed by atoms with E-state index >= 15 is 0 Å². The van der Waals surface area contributed by atoms with E-state index in [2.05, 4.69) is 47.4 Å². The first-order valence-corrected chi connectivity index (χ1v) is 9.44. The lowest BCUT2D eigenvalue weighted by Crippen LogP contribution is -2.52. The van der Waals surface area contributed by atoms with E-state index < -0.39 is 0 Å². The summed E-state index contributed by atoms with van der Waals surface area (Å²) in [6, 6.07) is 7.00. The molecule has 1 saturated heterocycles. The van der Waals surface area contributed by atoms with Crippen LogP contribution in [0.4, 0.5) is 0 Å². The minimum Gasteiger partial charge on any atom is -0.395 e. The molecule has 0 spiro atoms. The highest BCUT2D eigenvalue weighted by Crippen LogP contribution is 2.20. The summed E-state index contributed by atoms with van der Waals surface area (Å²) in [7, 11) is 0. The molecular formula is C17H29N3OS. The lowest BCUT2D eigenvalue weighted by Gasteiger charge is -2.39. The molecule has 4 nitrogen and oxygen atoms in total. The Labute approximate surface area is 138 Å². The topological polar surface area (TPSA) is 48.4 Å². The van der Waals surface area contributed by atoms with Crippen molar-refractivity contribution in [2.75, 3.05) is 26.0 Å². The number of nitrogens with one attached hydrogen (secondary N) is 1. The first kappa shape index (κ1) is 17.7. The molecule has 1 aromatic heterocycles. The van der Waals surface area contributed by atoms with Gasteiger partial charge in [-0.25, -0.2) is 0 Å². The number of aliphatic hydroxyl groups is 1. The molecule has 4 atom stereocenters. The number of aliphatic hydroxyl groups excluding tert-OH is 1. The summed E-state index contributed by atoms with van der Waals surface area (Å²) in [4.78, 5) is 6.92. The Balaban J connectivity index is 1.82. The third-order valence-electron chi connectivity index (χ3n) is 4.62. The highest BCUT2D eigenvalue weighted by Gasteiger charge is 2.28. The minimum atomic E-state index is 0.238. The van der Waals surface area contributed by atoms with Gasteiger partial charge in [-0.15, -0.1) is 0 Å². The SMILES string of the molecule is CSC(CO)C(C)NC1CCN(Cc2ccccn2)CC1C. The zero-order valence-electron chi connectivity index (χ0n) is 13.9. The molecule has 5 heteroatoms. The van der Waals surface area contributed by atoms with Crippen molar-refractivity contribution >= 4 is 11.8 Å². The van der Waals surface area contributed by atoms with Crippen molar-refractivity contribution in [2.24, 2.45) is 5.92 Å². The molecule has 0 bridgehead atoms. The van der Waals surface area contributed by atoms with Crippen molar-refractivity contribution in [2.45, 2.75) is 44.1 Å². The summed E-state index contributed by atoms with van der Waals surface area (Å²) in [6.07, 6.45) is 5.09. The number of aromatic nitrogens is 1. The molecule has 22 heavy (non-hydrogen) atoms. The molecule has 2 N–H and O–H groups in total.